The van der Waals surface area contributed by atoms with Gasteiger partial charge in [0.05, 0.1) is 22.8 Å². The summed E-state index contributed by atoms with van der Waals surface area (Å²) in [5.74, 6) is 1.82. The summed E-state index contributed by atoms with van der Waals surface area (Å²) >= 11 is 0. The van der Waals surface area contributed by atoms with E-state index in [1.54, 1.807) is 4.68 Å². The maximum atomic E-state index is 13.3. The topological polar surface area (TPSA) is 93.4 Å². The minimum Gasteiger partial charge on any atom is -0.358 e. The smallest absolute Gasteiger partial charge is 0.253 e. The van der Waals surface area contributed by atoms with E-state index in [1.165, 1.54) is 29.5 Å². The third-order valence-corrected chi connectivity index (χ3v) is 6.92. The van der Waals surface area contributed by atoms with Crippen molar-refractivity contribution in [3.05, 3.63) is 53.2 Å². The van der Waals surface area contributed by atoms with Crippen LogP contribution < -0.4 is 5.32 Å². The van der Waals surface area contributed by atoms with E-state index in [0.29, 0.717) is 0 Å². The Hall–Kier alpha value is -3.42. The molecular formula is C24H27N7O. The first-order valence-electron chi connectivity index (χ1n) is 11.5. The van der Waals surface area contributed by atoms with Gasteiger partial charge >= 0.3 is 0 Å². The Morgan fingerprint density at radius 1 is 1.16 bits per heavy atom. The molecule has 4 aromatic rings. The van der Waals surface area contributed by atoms with Crippen molar-refractivity contribution < 1.29 is 4.79 Å². The van der Waals surface area contributed by atoms with Crippen molar-refractivity contribution in [1.29, 1.82) is 0 Å². The van der Waals surface area contributed by atoms with Crippen LogP contribution in [0, 0.1) is 0 Å². The van der Waals surface area contributed by atoms with Crippen LogP contribution in [-0.2, 0) is 32.9 Å². The van der Waals surface area contributed by atoms with E-state index in [-0.39, 0.29) is 11.9 Å². The SMILES string of the molecule is Cn1cc(-c2nnc3n2CCC(NC(=O)c2cccc4c5c([nH]c24)CCCC5)CC3)cn1. The fourth-order valence-electron chi connectivity index (χ4n) is 5.26. The van der Waals surface area contributed by atoms with Crippen LogP contribution in [-0.4, -0.2) is 41.5 Å². The van der Waals surface area contributed by atoms with Crippen molar-refractivity contribution in [2.45, 2.75) is 57.5 Å². The molecule has 4 heterocycles. The lowest BCUT2D eigenvalue weighted by Gasteiger charge is -2.16. The van der Waals surface area contributed by atoms with Gasteiger partial charge in [-0.25, -0.2) is 0 Å². The zero-order valence-electron chi connectivity index (χ0n) is 18.3. The average molecular weight is 430 g/mol. The van der Waals surface area contributed by atoms with Gasteiger partial charge in [-0.15, -0.1) is 10.2 Å². The maximum absolute atomic E-state index is 13.3. The number of nitrogens with zero attached hydrogens (tertiary/aromatic N) is 5. The number of fused-ring (bicyclic) bond motifs is 4. The number of H-pyrrole nitrogens is 1. The predicted octanol–water partition coefficient (Wildman–Crippen LogP) is 3.17. The van der Waals surface area contributed by atoms with Crippen molar-refractivity contribution >= 4 is 16.8 Å². The lowest BCUT2D eigenvalue weighted by Crippen LogP contribution is -2.35. The molecule has 1 atom stereocenters. The lowest BCUT2D eigenvalue weighted by molar-refractivity contribution is 0.0934. The van der Waals surface area contributed by atoms with E-state index < -0.39 is 0 Å². The monoisotopic (exact) mass is 429 g/mol. The maximum Gasteiger partial charge on any atom is 0.253 e. The number of carbonyl (C=O) groups is 1. The molecule has 1 unspecified atom stereocenters. The summed E-state index contributed by atoms with van der Waals surface area (Å²) in [6.07, 6.45) is 10.9. The van der Waals surface area contributed by atoms with Crippen LogP contribution in [0.25, 0.3) is 22.3 Å². The van der Waals surface area contributed by atoms with Gasteiger partial charge < -0.3 is 14.9 Å². The molecule has 1 aliphatic carbocycles. The molecule has 6 rings (SSSR count). The number of hydrogen-bond donors (Lipinski definition) is 2. The van der Waals surface area contributed by atoms with Crippen LogP contribution >= 0.6 is 0 Å². The number of nitrogens with one attached hydrogen (secondary N) is 2. The summed E-state index contributed by atoms with van der Waals surface area (Å²) in [6.45, 7) is 0.776. The minimum absolute atomic E-state index is 0.00402. The second-order valence-electron chi connectivity index (χ2n) is 9.01. The Balaban J connectivity index is 1.21. The van der Waals surface area contributed by atoms with E-state index in [2.05, 4.69) is 36.2 Å². The number of aromatic amines is 1. The molecule has 1 aromatic carbocycles. The van der Waals surface area contributed by atoms with E-state index >= 15 is 0 Å². The summed E-state index contributed by atoms with van der Waals surface area (Å²) in [7, 11) is 1.90. The van der Waals surface area contributed by atoms with Gasteiger partial charge in [0.15, 0.2) is 5.82 Å². The highest BCUT2D eigenvalue weighted by atomic mass is 16.1. The molecule has 32 heavy (non-hydrogen) atoms. The molecule has 1 amide bonds. The summed E-state index contributed by atoms with van der Waals surface area (Å²) in [5.41, 5.74) is 5.41. The van der Waals surface area contributed by atoms with Crippen molar-refractivity contribution in [1.82, 2.24) is 34.8 Å². The first kappa shape index (κ1) is 19.3. The molecule has 0 spiro atoms. The number of hydrogen-bond acceptors (Lipinski definition) is 4. The number of carbonyl (C=O) groups excluding carboxylic acids is 1. The normalized spacial score (nSPS) is 18.2. The van der Waals surface area contributed by atoms with Crippen molar-refractivity contribution in [2.24, 2.45) is 7.05 Å². The highest BCUT2D eigenvalue weighted by Crippen LogP contribution is 2.31. The van der Waals surface area contributed by atoms with Gasteiger partial charge in [-0.1, -0.05) is 12.1 Å². The number of rotatable bonds is 3. The molecule has 0 fully saturated rings. The van der Waals surface area contributed by atoms with Crippen LogP contribution in [0.4, 0.5) is 0 Å². The number of aryl methyl sites for hydroxylation is 4. The minimum atomic E-state index is 0.00402. The second kappa shape index (κ2) is 7.62. The van der Waals surface area contributed by atoms with Crippen LogP contribution in [0.3, 0.4) is 0 Å². The van der Waals surface area contributed by atoms with Crippen LogP contribution in [0.1, 0.15) is 53.1 Å². The molecule has 0 bridgehead atoms. The third-order valence-electron chi connectivity index (χ3n) is 6.92. The Morgan fingerprint density at radius 2 is 2.06 bits per heavy atom. The molecule has 8 nitrogen and oxygen atoms in total. The van der Waals surface area contributed by atoms with E-state index in [9.17, 15) is 4.79 Å². The first-order valence-corrected chi connectivity index (χ1v) is 11.5. The largest absolute Gasteiger partial charge is 0.358 e. The fraction of sp³-hybridized carbons (Fsp3) is 0.417. The second-order valence-corrected chi connectivity index (χ2v) is 9.01. The quantitative estimate of drug-likeness (QED) is 0.523. The number of para-hydroxylation sites is 1. The number of aromatic nitrogens is 6. The van der Waals surface area contributed by atoms with Gasteiger partial charge in [0, 0.05) is 43.3 Å². The summed E-state index contributed by atoms with van der Waals surface area (Å²) in [4.78, 5) is 16.8. The van der Waals surface area contributed by atoms with Gasteiger partial charge in [-0.2, -0.15) is 5.10 Å². The highest BCUT2D eigenvalue weighted by molar-refractivity contribution is 6.07. The Morgan fingerprint density at radius 3 is 2.94 bits per heavy atom. The average Bonchev–Trinajstić information content (AvgIpc) is 3.48. The van der Waals surface area contributed by atoms with Crippen molar-refractivity contribution in [3.63, 3.8) is 0 Å². The Labute approximate surface area is 186 Å². The summed E-state index contributed by atoms with van der Waals surface area (Å²) in [6, 6.07) is 6.19. The molecule has 2 N–H and O–H groups in total. The zero-order valence-corrected chi connectivity index (χ0v) is 18.3. The first-order chi connectivity index (χ1) is 15.7. The molecule has 8 heteroatoms. The highest BCUT2D eigenvalue weighted by Gasteiger charge is 2.24. The van der Waals surface area contributed by atoms with Gasteiger partial charge in [0.1, 0.15) is 5.82 Å². The molecule has 3 aromatic heterocycles. The molecule has 0 saturated heterocycles. The molecular weight excluding hydrogens is 402 g/mol. The van der Waals surface area contributed by atoms with E-state index in [0.717, 1.165) is 66.9 Å². The van der Waals surface area contributed by atoms with Gasteiger partial charge in [0.25, 0.3) is 5.91 Å². The van der Waals surface area contributed by atoms with Gasteiger partial charge in [0.2, 0.25) is 0 Å². The van der Waals surface area contributed by atoms with Crippen LogP contribution in [0.2, 0.25) is 0 Å². The van der Waals surface area contributed by atoms with Gasteiger partial charge in [-0.3, -0.25) is 9.48 Å². The standard InChI is InChI=1S/C24H27N7O/c1-30-14-15(13-25-30)23-29-28-21-10-9-16(11-12-31(21)23)26-24(32)19-7-4-6-18-17-5-2-3-8-20(17)27-22(18)19/h4,6-7,13-14,16,27H,2-3,5,8-12H2,1H3,(H,26,32). The van der Waals surface area contributed by atoms with E-state index in [1.807, 2.05) is 31.6 Å². The molecule has 0 saturated carbocycles. The van der Waals surface area contributed by atoms with Crippen LogP contribution in [0.5, 0.6) is 0 Å². The molecule has 0 radical (unpaired) electrons. The predicted molar refractivity (Wildman–Crippen MR) is 121 cm³/mol. The molecule has 1 aliphatic heterocycles. The van der Waals surface area contributed by atoms with Crippen molar-refractivity contribution in [2.75, 3.05) is 0 Å². The Kier molecular flexibility index (Phi) is 4.59. The van der Waals surface area contributed by atoms with Crippen LogP contribution in [0.15, 0.2) is 30.6 Å². The third kappa shape index (κ3) is 3.21. The Bertz CT molecular complexity index is 1310. The van der Waals surface area contributed by atoms with E-state index in [4.69, 9.17) is 0 Å². The lowest BCUT2D eigenvalue weighted by atomic mass is 9.95. The zero-order chi connectivity index (χ0) is 21.7. The van der Waals surface area contributed by atoms with Crippen molar-refractivity contribution in [3.8, 4) is 11.4 Å². The number of amides is 1. The molecule has 2 aliphatic rings. The summed E-state index contributed by atoms with van der Waals surface area (Å²) < 4.78 is 3.94. The number of benzene rings is 1. The van der Waals surface area contributed by atoms with Gasteiger partial charge in [-0.05, 0) is 50.2 Å². The molecule has 164 valence electrons. The fourth-order valence-corrected chi connectivity index (χ4v) is 5.26. The summed E-state index contributed by atoms with van der Waals surface area (Å²) in [5, 5.41) is 17.6.